The second-order valence-corrected chi connectivity index (χ2v) is 8.05. The van der Waals surface area contributed by atoms with Crippen molar-refractivity contribution in [2.24, 2.45) is 5.92 Å². The fraction of sp³-hybridized carbons (Fsp3) is 0.333. The maximum Gasteiger partial charge on any atom is 0.274 e. The van der Waals surface area contributed by atoms with Gasteiger partial charge in [0.15, 0.2) is 0 Å². The van der Waals surface area contributed by atoms with Crippen molar-refractivity contribution < 1.29 is 14.3 Å². The van der Waals surface area contributed by atoms with Crippen LogP contribution in [0.4, 0.5) is 5.69 Å². The molecule has 4 rings (SSSR count). The van der Waals surface area contributed by atoms with Crippen LogP contribution in [0.5, 0.6) is 5.75 Å². The highest BCUT2D eigenvalue weighted by molar-refractivity contribution is 7.18. The largest absolute Gasteiger partial charge is 0.494 e. The third-order valence-corrected chi connectivity index (χ3v) is 6.37. The number of nitrogens with zero attached hydrogens (tertiary/aromatic N) is 2. The zero-order valence-electron chi connectivity index (χ0n) is 15.6. The molecule has 2 heterocycles. The fourth-order valence-electron chi connectivity index (χ4n) is 3.60. The topological polar surface area (TPSA) is 81.2 Å². The number of thiazole rings is 1. The number of amides is 1. The van der Waals surface area contributed by atoms with Crippen LogP contribution in [0.15, 0.2) is 36.5 Å². The van der Waals surface area contributed by atoms with E-state index in [1.807, 2.05) is 12.1 Å². The van der Waals surface area contributed by atoms with Gasteiger partial charge in [-0.15, -0.1) is 11.3 Å². The lowest BCUT2D eigenvalue weighted by Crippen LogP contribution is -2.14. The van der Waals surface area contributed by atoms with Gasteiger partial charge in [-0.3, -0.25) is 9.78 Å². The number of hydrogen-bond acceptors (Lipinski definition) is 6. The van der Waals surface area contributed by atoms with Crippen molar-refractivity contribution in [1.82, 2.24) is 9.97 Å². The molecule has 0 radical (unpaired) electrons. The second kappa shape index (κ2) is 8.06. The van der Waals surface area contributed by atoms with E-state index in [0.29, 0.717) is 23.0 Å². The van der Waals surface area contributed by atoms with Crippen molar-refractivity contribution in [3.63, 3.8) is 0 Å². The molecule has 1 fully saturated rings. The number of rotatable bonds is 5. The van der Waals surface area contributed by atoms with Gasteiger partial charge in [0, 0.05) is 24.1 Å². The van der Waals surface area contributed by atoms with Crippen LogP contribution in [-0.2, 0) is 4.79 Å². The van der Waals surface area contributed by atoms with E-state index in [9.17, 15) is 9.59 Å². The summed E-state index contributed by atoms with van der Waals surface area (Å²) in [5, 5.41) is 3.98. The molecular formula is C21H21N3O3S. The second-order valence-electron chi connectivity index (χ2n) is 6.99. The third-order valence-electron chi connectivity index (χ3n) is 5.19. The Kier molecular flexibility index (Phi) is 5.34. The molecule has 1 aromatic carbocycles. The van der Waals surface area contributed by atoms with Gasteiger partial charge >= 0.3 is 0 Å². The lowest BCUT2D eigenvalue weighted by molar-refractivity contribution is -0.111. The Hall–Kier alpha value is -2.80. The zero-order valence-corrected chi connectivity index (χ0v) is 16.4. The van der Waals surface area contributed by atoms with E-state index in [4.69, 9.17) is 9.72 Å². The van der Waals surface area contributed by atoms with Crippen molar-refractivity contribution in [3.8, 4) is 5.75 Å². The highest BCUT2D eigenvalue weighted by Crippen LogP contribution is 2.40. The van der Waals surface area contributed by atoms with Gasteiger partial charge in [0.25, 0.3) is 5.91 Å². The number of aldehydes is 1. The van der Waals surface area contributed by atoms with Gasteiger partial charge in [0.05, 0.1) is 28.0 Å². The first-order valence-corrected chi connectivity index (χ1v) is 10.2. The summed E-state index contributed by atoms with van der Waals surface area (Å²) in [6.45, 7) is 0. The standard InChI is InChI=1S/C21H21N3O3S/c1-27-18-10-17-19(11-16(18)23-20(26)15-4-2-3-9-22-15)28-21(24-17)14-7-5-13(12-25)6-8-14/h2-4,9-14H,5-8H2,1H3,(H,23,26). The van der Waals surface area contributed by atoms with Gasteiger partial charge in [-0.25, -0.2) is 4.98 Å². The summed E-state index contributed by atoms with van der Waals surface area (Å²) < 4.78 is 6.47. The molecule has 1 aliphatic carbocycles. The van der Waals surface area contributed by atoms with Crippen LogP contribution in [0.25, 0.3) is 10.2 Å². The Balaban J connectivity index is 1.60. The molecule has 0 unspecified atom stereocenters. The Morgan fingerprint density at radius 1 is 1.25 bits per heavy atom. The number of pyridine rings is 1. The number of hydrogen-bond donors (Lipinski definition) is 1. The molecule has 0 saturated heterocycles. The van der Waals surface area contributed by atoms with Crippen LogP contribution >= 0.6 is 11.3 Å². The van der Waals surface area contributed by atoms with Crippen LogP contribution < -0.4 is 10.1 Å². The van der Waals surface area contributed by atoms with E-state index in [0.717, 1.165) is 47.2 Å². The Bertz CT molecular complexity index is 995. The number of ether oxygens (including phenoxy) is 1. The first-order valence-electron chi connectivity index (χ1n) is 9.34. The van der Waals surface area contributed by atoms with Gasteiger partial charge in [-0.2, -0.15) is 0 Å². The first-order chi connectivity index (χ1) is 13.7. The normalized spacial score (nSPS) is 19.3. The quantitative estimate of drug-likeness (QED) is 0.647. The molecule has 6 nitrogen and oxygen atoms in total. The maximum absolute atomic E-state index is 12.5. The molecule has 7 heteroatoms. The fourth-order valence-corrected chi connectivity index (χ4v) is 4.76. The third kappa shape index (κ3) is 3.75. The van der Waals surface area contributed by atoms with Gasteiger partial charge < -0.3 is 14.8 Å². The lowest BCUT2D eigenvalue weighted by Gasteiger charge is -2.23. The summed E-state index contributed by atoms with van der Waals surface area (Å²) in [5.74, 6) is 0.874. The highest BCUT2D eigenvalue weighted by atomic mass is 32.1. The van der Waals surface area contributed by atoms with E-state index >= 15 is 0 Å². The molecule has 1 aliphatic rings. The van der Waals surface area contributed by atoms with Crippen LogP contribution in [0, 0.1) is 5.92 Å². The van der Waals surface area contributed by atoms with E-state index in [1.54, 1.807) is 42.8 Å². The average Bonchev–Trinajstić information content (AvgIpc) is 3.16. The number of nitrogens with one attached hydrogen (secondary N) is 1. The minimum Gasteiger partial charge on any atom is -0.494 e. The van der Waals surface area contributed by atoms with Crippen molar-refractivity contribution in [3.05, 3.63) is 47.2 Å². The number of anilines is 1. The summed E-state index contributed by atoms with van der Waals surface area (Å²) in [6, 6.07) is 8.98. The number of carbonyl (C=O) groups excluding carboxylic acids is 2. The number of aromatic nitrogens is 2. The molecule has 144 valence electrons. The molecular weight excluding hydrogens is 374 g/mol. The molecule has 1 saturated carbocycles. The van der Waals surface area contributed by atoms with Crippen molar-refractivity contribution in [2.75, 3.05) is 12.4 Å². The van der Waals surface area contributed by atoms with Crippen molar-refractivity contribution >= 4 is 39.4 Å². The van der Waals surface area contributed by atoms with Crippen LogP contribution in [0.2, 0.25) is 0 Å². The summed E-state index contributed by atoms with van der Waals surface area (Å²) in [7, 11) is 1.57. The van der Waals surface area contributed by atoms with Gasteiger partial charge in [-0.1, -0.05) is 6.07 Å². The molecule has 0 spiro atoms. The van der Waals surface area contributed by atoms with Gasteiger partial charge in [-0.05, 0) is 43.9 Å². The predicted octanol–water partition coefficient (Wildman–Crippen LogP) is 4.42. The molecule has 1 amide bonds. The van der Waals surface area contributed by atoms with Crippen LogP contribution in [0.1, 0.15) is 47.1 Å². The minimum atomic E-state index is -0.282. The Morgan fingerprint density at radius 3 is 2.75 bits per heavy atom. The summed E-state index contributed by atoms with van der Waals surface area (Å²) in [4.78, 5) is 32.3. The molecule has 28 heavy (non-hydrogen) atoms. The van der Waals surface area contributed by atoms with Crippen LogP contribution in [-0.4, -0.2) is 29.3 Å². The number of carbonyl (C=O) groups is 2. The zero-order chi connectivity index (χ0) is 19.5. The van der Waals surface area contributed by atoms with Gasteiger partial charge in [0.1, 0.15) is 17.7 Å². The van der Waals surface area contributed by atoms with E-state index in [-0.39, 0.29) is 11.8 Å². The number of benzene rings is 1. The summed E-state index contributed by atoms with van der Waals surface area (Å²) in [6.07, 6.45) is 6.50. The Labute approximate surface area is 167 Å². The van der Waals surface area contributed by atoms with Crippen LogP contribution in [0.3, 0.4) is 0 Å². The lowest BCUT2D eigenvalue weighted by atomic mass is 9.83. The number of fused-ring (bicyclic) bond motifs is 1. The Morgan fingerprint density at radius 2 is 2.07 bits per heavy atom. The minimum absolute atomic E-state index is 0.194. The molecule has 0 bridgehead atoms. The summed E-state index contributed by atoms with van der Waals surface area (Å²) in [5.41, 5.74) is 1.82. The van der Waals surface area contributed by atoms with Crippen molar-refractivity contribution in [1.29, 1.82) is 0 Å². The molecule has 0 atom stereocenters. The monoisotopic (exact) mass is 395 g/mol. The van der Waals surface area contributed by atoms with E-state index in [1.165, 1.54) is 0 Å². The van der Waals surface area contributed by atoms with Gasteiger partial charge in [0.2, 0.25) is 0 Å². The SMILES string of the molecule is COc1cc2nc(C3CCC(C=O)CC3)sc2cc1NC(=O)c1ccccn1. The molecule has 2 aromatic heterocycles. The molecule has 3 aromatic rings. The average molecular weight is 395 g/mol. The van der Waals surface area contributed by atoms with E-state index < -0.39 is 0 Å². The van der Waals surface area contributed by atoms with E-state index in [2.05, 4.69) is 10.3 Å². The smallest absolute Gasteiger partial charge is 0.274 e. The summed E-state index contributed by atoms with van der Waals surface area (Å²) >= 11 is 1.65. The van der Waals surface area contributed by atoms with Crippen molar-refractivity contribution in [2.45, 2.75) is 31.6 Å². The number of methoxy groups -OCH3 is 1. The molecule has 1 N–H and O–H groups in total. The molecule has 0 aliphatic heterocycles. The first kappa shape index (κ1) is 18.6. The predicted molar refractivity (Wildman–Crippen MR) is 109 cm³/mol. The highest BCUT2D eigenvalue weighted by Gasteiger charge is 2.25. The maximum atomic E-state index is 12.5.